The molecule has 0 bridgehead atoms. The van der Waals surface area contributed by atoms with Gasteiger partial charge in [-0.25, -0.2) is 9.97 Å². The lowest BCUT2D eigenvalue weighted by Crippen LogP contribution is -2.22. The first-order chi connectivity index (χ1) is 7.93. The van der Waals surface area contributed by atoms with E-state index in [2.05, 4.69) is 53.7 Å². The molecular weight excluding hydrogens is 325 g/mol. The SMILES string of the molecule is CNc1nc(C2CCC2)nc(C(C)(C)C)c1I. The Hall–Kier alpha value is -0.390. The fraction of sp³-hybridized carbons (Fsp3) is 0.692. The number of halogens is 1. The van der Waals surface area contributed by atoms with Gasteiger partial charge >= 0.3 is 0 Å². The van der Waals surface area contributed by atoms with Gasteiger partial charge in [-0.1, -0.05) is 27.2 Å². The summed E-state index contributed by atoms with van der Waals surface area (Å²) in [6.07, 6.45) is 3.81. The number of hydrogen-bond donors (Lipinski definition) is 1. The van der Waals surface area contributed by atoms with Crippen molar-refractivity contribution in [2.24, 2.45) is 0 Å². The lowest BCUT2D eigenvalue weighted by molar-refractivity contribution is 0.397. The molecule has 0 aliphatic heterocycles. The van der Waals surface area contributed by atoms with E-state index in [0.29, 0.717) is 5.92 Å². The van der Waals surface area contributed by atoms with Gasteiger partial charge in [-0.3, -0.25) is 0 Å². The maximum Gasteiger partial charge on any atom is 0.143 e. The summed E-state index contributed by atoms with van der Waals surface area (Å²) in [6.45, 7) is 6.63. The zero-order valence-electron chi connectivity index (χ0n) is 11.0. The van der Waals surface area contributed by atoms with Crippen molar-refractivity contribution in [2.75, 3.05) is 12.4 Å². The molecule has 0 saturated heterocycles. The van der Waals surface area contributed by atoms with E-state index in [1.807, 2.05) is 7.05 Å². The molecule has 94 valence electrons. The van der Waals surface area contributed by atoms with E-state index >= 15 is 0 Å². The number of aromatic nitrogens is 2. The summed E-state index contributed by atoms with van der Waals surface area (Å²) in [5.41, 5.74) is 1.24. The summed E-state index contributed by atoms with van der Waals surface area (Å²) in [4.78, 5) is 9.47. The van der Waals surface area contributed by atoms with Crippen LogP contribution in [0.5, 0.6) is 0 Å². The second kappa shape index (κ2) is 4.71. The number of nitrogens with one attached hydrogen (secondary N) is 1. The fourth-order valence-corrected chi connectivity index (χ4v) is 3.30. The van der Waals surface area contributed by atoms with Gasteiger partial charge < -0.3 is 5.32 Å². The van der Waals surface area contributed by atoms with Crippen molar-refractivity contribution >= 4 is 28.4 Å². The summed E-state index contributed by atoms with van der Waals surface area (Å²) >= 11 is 2.35. The Morgan fingerprint density at radius 1 is 1.24 bits per heavy atom. The van der Waals surface area contributed by atoms with Crippen LogP contribution in [-0.2, 0) is 5.41 Å². The molecule has 4 heteroatoms. The first kappa shape index (κ1) is 13.1. The molecule has 3 nitrogen and oxygen atoms in total. The summed E-state index contributed by atoms with van der Waals surface area (Å²) < 4.78 is 1.15. The van der Waals surface area contributed by atoms with Crippen molar-refractivity contribution in [3.63, 3.8) is 0 Å². The van der Waals surface area contributed by atoms with Crippen LogP contribution in [0.1, 0.15) is 57.5 Å². The van der Waals surface area contributed by atoms with Crippen molar-refractivity contribution in [1.29, 1.82) is 0 Å². The Morgan fingerprint density at radius 3 is 2.29 bits per heavy atom. The van der Waals surface area contributed by atoms with E-state index in [1.165, 1.54) is 25.0 Å². The molecule has 0 aromatic carbocycles. The number of anilines is 1. The first-order valence-corrected chi connectivity index (χ1v) is 7.27. The highest BCUT2D eigenvalue weighted by molar-refractivity contribution is 14.1. The van der Waals surface area contributed by atoms with Crippen LogP contribution in [0.4, 0.5) is 5.82 Å². The van der Waals surface area contributed by atoms with E-state index in [9.17, 15) is 0 Å². The van der Waals surface area contributed by atoms with E-state index in [-0.39, 0.29) is 5.41 Å². The predicted octanol–water partition coefficient (Wildman–Crippen LogP) is 3.69. The quantitative estimate of drug-likeness (QED) is 0.831. The van der Waals surface area contributed by atoms with Gasteiger partial charge in [0.1, 0.15) is 11.6 Å². The number of nitrogens with zero attached hydrogens (tertiary/aromatic N) is 2. The van der Waals surface area contributed by atoms with Crippen LogP contribution in [0.15, 0.2) is 0 Å². The van der Waals surface area contributed by atoms with Crippen LogP contribution in [0.25, 0.3) is 0 Å². The van der Waals surface area contributed by atoms with Gasteiger partial charge in [0, 0.05) is 18.4 Å². The van der Waals surface area contributed by atoms with Crippen LogP contribution < -0.4 is 5.32 Å². The van der Waals surface area contributed by atoms with Crippen molar-refractivity contribution < 1.29 is 0 Å². The van der Waals surface area contributed by atoms with E-state index in [1.54, 1.807) is 0 Å². The summed E-state index contributed by atoms with van der Waals surface area (Å²) in [7, 11) is 1.93. The van der Waals surface area contributed by atoms with Gasteiger partial charge in [-0.15, -0.1) is 0 Å². The molecule has 1 aromatic heterocycles. The number of rotatable bonds is 2. The topological polar surface area (TPSA) is 37.8 Å². The van der Waals surface area contributed by atoms with Crippen LogP contribution in [0, 0.1) is 3.57 Å². The molecular formula is C13H20IN3. The maximum absolute atomic E-state index is 4.82. The fourth-order valence-electron chi connectivity index (χ4n) is 1.98. The standard InChI is InChI=1S/C13H20IN3/c1-13(2,3)10-9(14)12(15-4)17-11(16-10)8-6-5-7-8/h8H,5-7H2,1-4H3,(H,15,16,17). The van der Waals surface area contributed by atoms with Crippen molar-refractivity contribution in [2.45, 2.75) is 51.4 Å². The molecule has 1 heterocycles. The molecule has 1 aliphatic carbocycles. The molecule has 0 atom stereocenters. The van der Waals surface area contributed by atoms with E-state index in [4.69, 9.17) is 4.98 Å². The second-order valence-electron chi connectivity index (χ2n) is 5.72. The smallest absolute Gasteiger partial charge is 0.143 e. The Bertz CT molecular complexity index is 419. The normalized spacial score (nSPS) is 16.8. The van der Waals surface area contributed by atoms with Crippen LogP contribution in [0.2, 0.25) is 0 Å². The molecule has 1 N–H and O–H groups in total. The predicted molar refractivity (Wildman–Crippen MR) is 79.6 cm³/mol. The maximum atomic E-state index is 4.82. The van der Waals surface area contributed by atoms with E-state index in [0.717, 1.165) is 15.2 Å². The van der Waals surface area contributed by atoms with Crippen LogP contribution in [-0.4, -0.2) is 17.0 Å². The zero-order chi connectivity index (χ0) is 12.6. The highest BCUT2D eigenvalue weighted by atomic mass is 127. The molecule has 2 rings (SSSR count). The molecule has 1 fully saturated rings. The highest BCUT2D eigenvalue weighted by Gasteiger charge is 2.28. The lowest BCUT2D eigenvalue weighted by atomic mass is 9.84. The molecule has 0 unspecified atom stereocenters. The summed E-state index contributed by atoms with van der Waals surface area (Å²) in [5.74, 6) is 2.60. The van der Waals surface area contributed by atoms with Crippen molar-refractivity contribution in [1.82, 2.24) is 9.97 Å². The van der Waals surface area contributed by atoms with Crippen LogP contribution >= 0.6 is 22.6 Å². The minimum absolute atomic E-state index is 0.0730. The zero-order valence-corrected chi connectivity index (χ0v) is 13.1. The van der Waals surface area contributed by atoms with Gasteiger partial charge in [-0.05, 0) is 35.4 Å². The average Bonchev–Trinajstić information content (AvgIpc) is 2.15. The molecule has 0 radical (unpaired) electrons. The molecule has 0 amide bonds. The largest absolute Gasteiger partial charge is 0.372 e. The molecule has 1 aromatic rings. The van der Waals surface area contributed by atoms with Gasteiger partial charge in [0.2, 0.25) is 0 Å². The van der Waals surface area contributed by atoms with Crippen molar-refractivity contribution in [3.8, 4) is 0 Å². The Kier molecular flexibility index (Phi) is 3.61. The molecule has 1 aliphatic rings. The third-order valence-corrected chi connectivity index (χ3v) is 4.31. The third kappa shape index (κ3) is 2.56. The number of hydrogen-bond acceptors (Lipinski definition) is 3. The summed E-state index contributed by atoms with van der Waals surface area (Å²) in [5, 5.41) is 3.19. The molecule has 17 heavy (non-hydrogen) atoms. The lowest BCUT2D eigenvalue weighted by Gasteiger charge is -2.27. The second-order valence-corrected chi connectivity index (χ2v) is 6.80. The minimum atomic E-state index is 0.0730. The molecule has 0 spiro atoms. The van der Waals surface area contributed by atoms with Gasteiger partial charge in [0.15, 0.2) is 0 Å². The summed E-state index contributed by atoms with van der Waals surface area (Å²) in [6, 6.07) is 0. The first-order valence-electron chi connectivity index (χ1n) is 6.19. The van der Waals surface area contributed by atoms with Crippen molar-refractivity contribution in [3.05, 3.63) is 15.1 Å². The monoisotopic (exact) mass is 345 g/mol. The van der Waals surface area contributed by atoms with Gasteiger partial charge in [-0.2, -0.15) is 0 Å². The van der Waals surface area contributed by atoms with Gasteiger partial charge in [0.25, 0.3) is 0 Å². The van der Waals surface area contributed by atoms with Gasteiger partial charge in [0.05, 0.1) is 9.26 Å². The highest BCUT2D eigenvalue weighted by Crippen LogP contribution is 2.37. The van der Waals surface area contributed by atoms with E-state index < -0.39 is 0 Å². The average molecular weight is 345 g/mol. The molecule has 1 saturated carbocycles. The Labute approximate surface area is 117 Å². The third-order valence-electron chi connectivity index (χ3n) is 3.29. The van der Waals surface area contributed by atoms with Crippen LogP contribution in [0.3, 0.4) is 0 Å². The Balaban J connectivity index is 2.49. The Morgan fingerprint density at radius 2 is 1.88 bits per heavy atom. The minimum Gasteiger partial charge on any atom is -0.372 e.